The van der Waals surface area contributed by atoms with Crippen LogP contribution >= 0.6 is 0 Å². The highest BCUT2D eigenvalue weighted by molar-refractivity contribution is 5.93. The van der Waals surface area contributed by atoms with Crippen LogP contribution < -0.4 is 20.1 Å². The number of aromatic nitrogens is 1. The Balaban J connectivity index is 2.07. The highest BCUT2D eigenvalue weighted by Gasteiger charge is 2.09. The Morgan fingerprint density at radius 2 is 1.96 bits per heavy atom. The molecule has 0 aliphatic rings. The van der Waals surface area contributed by atoms with Crippen molar-refractivity contribution < 1.29 is 19.0 Å². The molecule has 0 saturated heterocycles. The van der Waals surface area contributed by atoms with E-state index in [1.54, 1.807) is 45.7 Å². The van der Waals surface area contributed by atoms with E-state index in [0.717, 1.165) is 17.8 Å². The van der Waals surface area contributed by atoms with Gasteiger partial charge in [-0.25, -0.2) is 0 Å². The van der Waals surface area contributed by atoms with Gasteiger partial charge in [0.1, 0.15) is 17.2 Å². The number of benzene rings is 1. The summed E-state index contributed by atoms with van der Waals surface area (Å²) in [6.07, 6.45) is 2.34. The van der Waals surface area contributed by atoms with Gasteiger partial charge in [-0.1, -0.05) is 0 Å². The Morgan fingerprint density at radius 3 is 2.68 bits per heavy atom. The van der Waals surface area contributed by atoms with Crippen LogP contribution in [-0.4, -0.2) is 45.4 Å². The van der Waals surface area contributed by atoms with Crippen LogP contribution in [0, 0.1) is 0 Å². The zero-order valence-electron chi connectivity index (χ0n) is 14.7. The van der Waals surface area contributed by atoms with Crippen molar-refractivity contribution in [1.29, 1.82) is 0 Å². The third-order valence-electron chi connectivity index (χ3n) is 3.49. The molecule has 0 bridgehead atoms. The average Bonchev–Trinajstić information content (AvgIpc) is 2.65. The van der Waals surface area contributed by atoms with Gasteiger partial charge in [-0.2, -0.15) is 0 Å². The summed E-state index contributed by atoms with van der Waals surface area (Å²) in [5.74, 6) is 1.12. The van der Waals surface area contributed by atoms with Crippen LogP contribution in [0.5, 0.6) is 11.5 Å². The zero-order chi connectivity index (χ0) is 18.1. The number of carbonyl (C=O) groups excluding carboxylic acids is 1. The normalized spacial score (nSPS) is 10.2. The lowest BCUT2D eigenvalue weighted by molar-refractivity contribution is 0.0943. The number of nitrogens with zero attached hydrogens (tertiary/aromatic N) is 1. The predicted molar refractivity (Wildman–Crippen MR) is 95.9 cm³/mol. The van der Waals surface area contributed by atoms with Gasteiger partial charge < -0.3 is 24.8 Å². The lowest BCUT2D eigenvalue weighted by atomic mass is 10.2. The van der Waals surface area contributed by atoms with Crippen LogP contribution in [0.3, 0.4) is 0 Å². The van der Waals surface area contributed by atoms with Gasteiger partial charge in [-0.05, 0) is 30.7 Å². The second-order valence-electron chi connectivity index (χ2n) is 5.22. The molecule has 0 aliphatic heterocycles. The Hall–Kier alpha value is -2.80. The first-order chi connectivity index (χ1) is 12.2. The highest BCUT2D eigenvalue weighted by atomic mass is 16.5. The van der Waals surface area contributed by atoms with E-state index in [2.05, 4.69) is 15.6 Å². The van der Waals surface area contributed by atoms with E-state index < -0.39 is 0 Å². The standard InChI is InChI=1S/C18H23N3O4/c1-23-10-4-8-20-18(22)16-11-13(7-9-19-16)21-15-6-5-14(24-2)12-17(15)25-3/h5-7,9,11-12H,4,8,10H2,1-3H3,(H,19,21)(H,20,22). The van der Waals surface area contributed by atoms with Crippen molar-refractivity contribution >= 4 is 17.3 Å². The van der Waals surface area contributed by atoms with Crippen molar-refractivity contribution in [2.75, 3.05) is 39.8 Å². The van der Waals surface area contributed by atoms with Crippen molar-refractivity contribution in [2.45, 2.75) is 6.42 Å². The van der Waals surface area contributed by atoms with E-state index in [1.165, 1.54) is 0 Å². The van der Waals surface area contributed by atoms with Gasteiger partial charge >= 0.3 is 0 Å². The Labute approximate surface area is 147 Å². The van der Waals surface area contributed by atoms with E-state index >= 15 is 0 Å². The molecule has 0 aliphatic carbocycles. The quantitative estimate of drug-likeness (QED) is 0.680. The lowest BCUT2D eigenvalue weighted by Gasteiger charge is -2.13. The largest absolute Gasteiger partial charge is 0.497 e. The van der Waals surface area contributed by atoms with Crippen molar-refractivity contribution in [1.82, 2.24) is 10.3 Å². The molecular formula is C18H23N3O4. The molecule has 7 heteroatoms. The van der Waals surface area contributed by atoms with Crippen LogP contribution in [0.4, 0.5) is 11.4 Å². The molecule has 0 saturated carbocycles. The molecule has 7 nitrogen and oxygen atoms in total. The molecular weight excluding hydrogens is 322 g/mol. The molecule has 25 heavy (non-hydrogen) atoms. The smallest absolute Gasteiger partial charge is 0.269 e. The van der Waals surface area contributed by atoms with E-state index in [0.29, 0.717) is 30.3 Å². The topological polar surface area (TPSA) is 81.7 Å². The number of pyridine rings is 1. The summed E-state index contributed by atoms with van der Waals surface area (Å²) in [5, 5.41) is 6.04. The first-order valence-electron chi connectivity index (χ1n) is 7.90. The van der Waals surface area contributed by atoms with E-state index in [9.17, 15) is 4.79 Å². The second kappa shape index (κ2) is 9.48. The summed E-state index contributed by atoms with van der Waals surface area (Å²) in [6, 6.07) is 8.94. The van der Waals surface area contributed by atoms with Gasteiger partial charge in [0.25, 0.3) is 5.91 Å². The minimum Gasteiger partial charge on any atom is -0.497 e. The minimum absolute atomic E-state index is 0.221. The lowest BCUT2D eigenvalue weighted by Crippen LogP contribution is -2.26. The molecule has 0 fully saturated rings. The predicted octanol–water partition coefficient (Wildman–Crippen LogP) is 2.61. The molecule has 1 aromatic heterocycles. The van der Waals surface area contributed by atoms with Crippen LogP contribution in [0.25, 0.3) is 0 Å². The summed E-state index contributed by atoms with van der Waals surface area (Å²) in [5.41, 5.74) is 1.84. The maximum absolute atomic E-state index is 12.1. The number of carbonyl (C=O) groups is 1. The fourth-order valence-corrected chi connectivity index (χ4v) is 2.20. The summed E-state index contributed by atoms with van der Waals surface area (Å²) in [4.78, 5) is 16.3. The van der Waals surface area contributed by atoms with Crippen LogP contribution in [0.15, 0.2) is 36.5 Å². The van der Waals surface area contributed by atoms with Crippen LogP contribution in [0.1, 0.15) is 16.9 Å². The zero-order valence-corrected chi connectivity index (χ0v) is 14.7. The first-order valence-corrected chi connectivity index (χ1v) is 7.90. The number of rotatable bonds is 9. The van der Waals surface area contributed by atoms with Gasteiger partial charge in [0, 0.05) is 38.2 Å². The second-order valence-corrected chi connectivity index (χ2v) is 5.22. The van der Waals surface area contributed by atoms with Crippen molar-refractivity contribution in [3.05, 3.63) is 42.2 Å². The number of hydrogen-bond acceptors (Lipinski definition) is 6. The highest BCUT2D eigenvalue weighted by Crippen LogP contribution is 2.31. The number of anilines is 2. The minimum atomic E-state index is -0.221. The maximum atomic E-state index is 12.1. The molecule has 0 unspecified atom stereocenters. The van der Waals surface area contributed by atoms with E-state index in [1.807, 2.05) is 12.1 Å². The third kappa shape index (κ3) is 5.36. The number of hydrogen-bond donors (Lipinski definition) is 2. The molecule has 0 radical (unpaired) electrons. The van der Waals surface area contributed by atoms with Gasteiger partial charge in [-0.3, -0.25) is 9.78 Å². The Bertz CT molecular complexity index is 706. The van der Waals surface area contributed by atoms with Crippen LogP contribution in [-0.2, 0) is 4.74 Å². The van der Waals surface area contributed by atoms with Crippen molar-refractivity contribution in [3.8, 4) is 11.5 Å². The molecule has 2 N–H and O–H groups in total. The van der Waals surface area contributed by atoms with Gasteiger partial charge in [0.15, 0.2) is 0 Å². The summed E-state index contributed by atoms with van der Waals surface area (Å²) in [7, 11) is 4.82. The van der Waals surface area contributed by atoms with Gasteiger partial charge in [0.2, 0.25) is 0 Å². The monoisotopic (exact) mass is 345 g/mol. The molecule has 1 aromatic carbocycles. The third-order valence-corrected chi connectivity index (χ3v) is 3.49. The first kappa shape index (κ1) is 18.5. The van der Waals surface area contributed by atoms with Crippen molar-refractivity contribution in [2.24, 2.45) is 0 Å². The number of methoxy groups -OCH3 is 3. The molecule has 1 amide bonds. The Morgan fingerprint density at radius 1 is 1.12 bits per heavy atom. The van der Waals surface area contributed by atoms with Gasteiger partial charge in [0.05, 0.1) is 19.9 Å². The molecule has 134 valence electrons. The SMILES string of the molecule is COCCCNC(=O)c1cc(Nc2ccc(OC)cc2OC)ccn1. The molecule has 2 rings (SSSR count). The van der Waals surface area contributed by atoms with Crippen molar-refractivity contribution in [3.63, 3.8) is 0 Å². The molecule has 2 aromatic rings. The number of ether oxygens (including phenoxy) is 3. The summed E-state index contributed by atoms with van der Waals surface area (Å²) in [6.45, 7) is 1.14. The summed E-state index contributed by atoms with van der Waals surface area (Å²) < 4.78 is 15.5. The number of nitrogens with one attached hydrogen (secondary N) is 2. The summed E-state index contributed by atoms with van der Waals surface area (Å²) >= 11 is 0. The molecule has 0 spiro atoms. The fraction of sp³-hybridized carbons (Fsp3) is 0.333. The number of amides is 1. The maximum Gasteiger partial charge on any atom is 0.269 e. The molecule has 1 heterocycles. The van der Waals surface area contributed by atoms with E-state index in [-0.39, 0.29) is 5.91 Å². The Kier molecular flexibility index (Phi) is 7.03. The van der Waals surface area contributed by atoms with E-state index in [4.69, 9.17) is 14.2 Å². The average molecular weight is 345 g/mol. The fourth-order valence-electron chi connectivity index (χ4n) is 2.20. The van der Waals surface area contributed by atoms with Crippen LogP contribution in [0.2, 0.25) is 0 Å². The molecule has 0 atom stereocenters. The van der Waals surface area contributed by atoms with Gasteiger partial charge in [-0.15, -0.1) is 0 Å².